The SMILES string of the molecule is Cc1cc(C=O)c(C)c(Cn2cncn2)c1. The standard InChI is InChI=1S/C12H13N3O/c1-9-3-11(5-15-8-13-7-14-15)10(2)12(4-9)6-16/h3-4,6-8H,5H2,1-2H3. The summed E-state index contributed by atoms with van der Waals surface area (Å²) in [6.07, 6.45) is 4.07. The van der Waals surface area contributed by atoms with Crippen LogP contribution in [0.25, 0.3) is 0 Å². The maximum Gasteiger partial charge on any atom is 0.150 e. The zero-order chi connectivity index (χ0) is 11.5. The van der Waals surface area contributed by atoms with Crippen molar-refractivity contribution in [1.82, 2.24) is 14.8 Å². The highest BCUT2D eigenvalue weighted by Crippen LogP contribution is 2.16. The molecule has 1 aromatic carbocycles. The van der Waals surface area contributed by atoms with Crippen molar-refractivity contribution in [2.24, 2.45) is 0 Å². The fourth-order valence-corrected chi connectivity index (χ4v) is 1.74. The lowest BCUT2D eigenvalue weighted by Crippen LogP contribution is -2.04. The Morgan fingerprint density at radius 3 is 2.81 bits per heavy atom. The van der Waals surface area contributed by atoms with Crippen LogP contribution in [0.15, 0.2) is 24.8 Å². The molecule has 0 aliphatic rings. The Balaban J connectivity index is 2.40. The summed E-state index contributed by atoms with van der Waals surface area (Å²) in [7, 11) is 0. The number of benzene rings is 1. The van der Waals surface area contributed by atoms with Crippen LogP contribution in [0.2, 0.25) is 0 Å². The molecule has 0 saturated carbocycles. The largest absolute Gasteiger partial charge is 0.298 e. The van der Waals surface area contributed by atoms with Gasteiger partial charge in [0.1, 0.15) is 18.9 Å². The molecule has 16 heavy (non-hydrogen) atoms. The van der Waals surface area contributed by atoms with Crippen molar-refractivity contribution >= 4 is 6.29 Å². The van der Waals surface area contributed by atoms with Gasteiger partial charge in [0.05, 0.1) is 6.54 Å². The lowest BCUT2D eigenvalue weighted by molar-refractivity contribution is 0.112. The monoisotopic (exact) mass is 215 g/mol. The summed E-state index contributed by atoms with van der Waals surface area (Å²) >= 11 is 0. The number of nitrogens with zero attached hydrogens (tertiary/aromatic N) is 3. The van der Waals surface area contributed by atoms with Crippen LogP contribution in [0.1, 0.15) is 27.0 Å². The van der Waals surface area contributed by atoms with Crippen LogP contribution in [0, 0.1) is 13.8 Å². The van der Waals surface area contributed by atoms with E-state index in [1.165, 1.54) is 6.33 Å². The Labute approximate surface area is 93.9 Å². The van der Waals surface area contributed by atoms with Crippen molar-refractivity contribution in [3.63, 3.8) is 0 Å². The van der Waals surface area contributed by atoms with E-state index in [4.69, 9.17) is 0 Å². The number of aryl methyl sites for hydroxylation is 1. The van der Waals surface area contributed by atoms with E-state index in [9.17, 15) is 4.79 Å². The van der Waals surface area contributed by atoms with Crippen molar-refractivity contribution in [3.05, 3.63) is 47.0 Å². The van der Waals surface area contributed by atoms with Crippen LogP contribution in [0.3, 0.4) is 0 Å². The van der Waals surface area contributed by atoms with Gasteiger partial charge >= 0.3 is 0 Å². The van der Waals surface area contributed by atoms with Gasteiger partial charge in [0, 0.05) is 5.56 Å². The summed E-state index contributed by atoms with van der Waals surface area (Å²) in [4.78, 5) is 14.8. The topological polar surface area (TPSA) is 47.8 Å². The molecule has 82 valence electrons. The Morgan fingerprint density at radius 2 is 2.19 bits per heavy atom. The third-order valence-corrected chi connectivity index (χ3v) is 2.63. The number of hydrogen-bond donors (Lipinski definition) is 0. The smallest absolute Gasteiger partial charge is 0.150 e. The molecule has 0 amide bonds. The first kappa shape index (κ1) is 10.5. The molecule has 0 bridgehead atoms. The minimum Gasteiger partial charge on any atom is -0.298 e. The molecule has 0 spiro atoms. The fourth-order valence-electron chi connectivity index (χ4n) is 1.74. The maximum absolute atomic E-state index is 10.9. The zero-order valence-electron chi connectivity index (χ0n) is 9.34. The van der Waals surface area contributed by atoms with Gasteiger partial charge in [-0.1, -0.05) is 11.6 Å². The highest BCUT2D eigenvalue weighted by atomic mass is 16.1. The van der Waals surface area contributed by atoms with Crippen LogP contribution >= 0.6 is 0 Å². The lowest BCUT2D eigenvalue weighted by Gasteiger charge is -2.09. The van der Waals surface area contributed by atoms with Gasteiger partial charge in [0.25, 0.3) is 0 Å². The highest BCUT2D eigenvalue weighted by Gasteiger charge is 2.06. The predicted octanol–water partition coefficient (Wildman–Crippen LogP) is 1.76. The van der Waals surface area contributed by atoms with E-state index >= 15 is 0 Å². The van der Waals surface area contributed by atoms with Crippen LogP contribution in [0.5, 0.6) is 0 Å². The first-order valence-electron chi connectivity index (χ1n) is 5.08. The van der Waals surface area contributed by atoms with E-state index < -0.39 is 0 Å². The van der Waals surface area contributed by atoms with E-state index in [1.54, 1.807) is 11.0 Å². The number of carbonyl (C=O) groups is 1. The third-order valence-electron chi connectivity index (χ3n) is 2.63. The molecule has 1 aromatic heterocycles. The van der Waals surface area contributed by atoms with Gasteiger partial charge < -0.3 is 0 Å². The van der Waals surface area contributed by atoms with Crippen molar-refractivity contribution in [2.45, 2.75) is 20.4 Å². The summed E-state index contributed by atoms with van der Waals surface area (Å²) in [5, 5.41) is 4.06. The van der Waals surface area contributed by atoms with Crippen LogP contribution in [-0.4, -0.2) is 21.1 Å². The third kappa shape index (κ3) is 2.00. The van der Waals surface area contributed by atoms with E-state index in [1.807, 2.05) is 19.9 Å². The van der Waals surface area contributed by atoms with Crippen LogP contribution in [0.4, 0.5) is 0 Å². The quantitative estimate of drug-likeness (QED) is 0.733. The average molecular weight is 215 g/mol. The minimum atomic E-state index is 0.647. The second-order valence-electron chi connectivity index (χ2n) is 3.85. The van der Waals surface area contributed by atoms with Crippen molar-refractivity contribution in [2.75, 3.05) is 0 Å². The number of aromatic nitrogens is 3. The second-order valence-corrected chi connectivity index (χ2v) is 3.85. The minimum absolute atomic E-state index is 0.647. The molecule has 0 aliphatic heterocycles. The molecule has 0 unspecified atom stereocenters. The summed E-state index contributed by atoms with van der Waals surface area (Å²) in [5.41, 5.74) is 3.95. The first-order valence-corrected chi connectivity index (χ1v) is 5.08. The molecular formula is C12H13N3O. The average Bonchev–Trinajstić information content (AvgIpc) is 2.75. The van der Waals surface area contributed by atoms with Crippen molar-refractivity contribution in [1.29, 1.82) is 0 Å². The summed E-state index contributed by atoms with van der Waals surface area (Å²) in [5.74, 6) is 0. The van der Waals surface area contributed by atoms with Crippen molar-refractivity contribution in [3.8, 4) is 0 Å². The van der Waals surface area contributed by atoms with Crippen LogP contribution < -0.4 is 0 Å². The molecule has 2 aromatic rings. The van der Waals surface area contributed by atoms with Gasteiger partial charge in [0.2, 0.25) is 0 Å². The van der Waals surface area contributed by atoms with E-state index in [0.717, 1.165) is 28.5 Å². The maximum atomic E-state index is 10.9. The molecular weight excluding hydrogens is 202 g/mol. The normalized spacial score (nSPS) is 10.4. The lowest BCUT2D eigenvalue weighted by atomic mass is 10.00. The zero-order valence-corrected chi connectivity index (χ0v) is 9.34. The molecule has 0 fully saturated rings. The number of carbonyl (C=O) groups excluding carboxylic acids is 1. The van der Waals surface area contributed by atoms with Gasteiger partial charge in [-0.05, 0) is 31.0 Å². The van der Waals surface area contributed by atoms with Crippen LogP contribution in [-0.2, 0) is 6.54 Å². The number of rotatable bonds is 3. The Morgan fingerprint density at radius 1 is 1.38 bits per heavy atom. The molecule has 0 saturated heterocycles. The molecule has 0 atom stereocenters. The van der Waals surface area contributed by atoms with E-state index in [-0.39, 0.29) is 0 Å². The summed E-state index contributed by atoms with van der Waals surface area (Å²) < 4.78 is 1.75. The summed E-state index contributed by atoms with van der Waals surface area (Å²) in [6.45, 7) is 4.58. The Hall–Kier alpha value is -1.97. The molecule has 4 heteroatoms. The van der Waals surface area contributed by atoms with Crippen molar-refractivity contribution < 1.29 is 4.79 Å². The van der Waals surface area contributed by atoms with Gasteiger partial charge in [-0.2, -0.15) is 5.10 Å². The predicted molar refractivity (Wildman–Crippen MR) is 60.4 cm³/mol. The van der Waals surface area contributed by atoms with E-state index in [2.05, 4.69) is 16.1 Å². The van der Waals surface area contributed by atoms with Gasteiger partial charge in [0.15, 0.2) is 0 Å². The number of aldehydes is 1. The molecule has 0 N–H and O–H groups in total. The van der Waals surface area contributed by atoms with E-state index in [0.29, 0.717) is 6.54 Å². The Bertz CT molecular complexity index is 503. The first-order chi connectivity index (χ1) is 7.70. The summed E-state index contributed by atoms with van der Waals surface area (Å²) in [6, 6.07) is 3.97. The Kier molecular flexibility index (Phi) is 2.81. The highest BCUT2D eigenvalue weighted by molar-refractivity contribution is 5.78. The molecule has 2 rings (SSSR count). The van der Waals surface area contributed by atoms with Gasteiger partial charge in [-0.15, -0.1) is 0 Å². The fraction of sp³-hybridized carbons (Fsp3) is 0.250. The van der Waals surface area contributed by atoms with Gasteiger partial charge in [-0.3, -0.25) is 4.79 Å². The molecule has 1 heterocycles. The van der Waals surface area contributed by atoms with Gasteiger partial charge in [-0.25, -0.2) is 9.67 Å². The molecule has 0 radical (unpaired) electrons. The second kappa shape index (κ2) is 4.26. The molecule has 0 aliphatic carbocycles. The number of hydrogen-bond acceptors (Lipinski definition) is 3. The molecule has 4 nitrogen and oxygen atoms in total.